The Balaban J connectivity index is 1.77. The highest BCUT2D eigenvalue weighted by Crippen LogP contribution is 2.36. The average molecular weight is 381 g/mol. The fourth-order valence-corrected chi connectivity index (χ4v) is 3.64. The first-order valence-electron chi connectivity index (χ1n) is 8.37. The zero-order chi connectivity index (χ0) is 18.7. The minimum atomic E-state index is -0.422. The van der Waals surface area contributed by atoms with Crippen molar-refractivity contribution in [3.63, 3.8) is 0 Å². The maximum absolute atomic E-state index is 12.9. The maximum atomic E-state index is 12.9. The number of benzene rings is 1. The molecule has 0 aliphatic carbocycles. The van der Waals surface area contributed by atoms with Crippen LogP contribution < -0.4 is 4.90 Å². The van der Waals surface area contributed by atoms with E-state index in [1.165, 1.54) is 0 Å². The zero-order valence-electron chi connectivity index (χ0n) is 14.1. The average Bonchev–Trinajstić information content (AvgIpc) is 3.09. The molecule has 0 radical (unpaired) electrons. The molecule has 0 saturated carbocycles. The van der Waals surface area contributed by atoms with Crippen LogP contribution in [0.1, 0.15) is 32.3 Å². The molecule has 2 aliphatic rings. The Morgan fingerprint density at radius 3 is 2.41 bits per heavy atom. The third-order valence-electron chi connectivity index (χ3n) is 4.83. The van der Waals surface area contributed by atoms with Crippen molar-refractivity contribution in [2.24, 2.45) is 0 Å². The van der Waals surface area contributed by atoms with Gasteiger partial charge in [-0.15, -0.1) is 0 Å². The zero-order valence-corrected chi connectivity index (χ0v) is 14.8. The molecule has 4 heterocycles. The molecule has 3 aromatic rings. The number of amides is 2. The van der Waals surface area contributed by atoms with E-state index >= 15 is 0 Å². The number of hydrogen-bond donors (Lipinski definition) is 0. The maximum Gasteiger partial charge on any atom is 0.267 e. The molecule has 8 heteroatoms. The van der Waals surface area contributed by atoms with Crippen LogP contribution in [0.3, 0.4) is 0 Å². The van der Waals surface area contributed by atoms with Crippen LogP contribution in [-0.2, 0) is 4.74 Å². The third-order valence-corrected chi connectivity index (χ3v) is 5.02. The number of carbonyl (C=O) groups excluding carboxylic acids is 2. The Labute approximate surface area is 158 Å². The van der Waals surface area contributed by atoms with Gasteiger partial charge in [0, 0.05) is 5.56 Å². The van der Waals surface area contributed by atoms with E-state index in [1.54, 1.807) is 41.1 Å². The molecule has 0 spiro atoms. The van der Waals surface area contributed by atoms with Crippen molar-refractivity contribution in [3.05, 3.63) is 58.8 Å². The van der Waals surface area contributed by atoms with Crippen LogP contribution in [0.4, 0.5) is 5.82 Å². The molecule has 1 aromatic carbocycles. The molecule has 7 nitrogen and oxygen atoms in total. The van der Waals surface area contributed by atoms with E-state index in [1.807, 2.05) is 0 Å². The van der Waals surface area contributed by atoms with Gasteiger partial charge in [-0.25, -0.2) is 9.88 Å². The summed E-state index contributed by atoms with van der Waals surface area (Å²) in [6.45, 7) is 4.82. The van der Waals surface area contributed by atoms with Gasteiger partial charge in [-0.1, -0.05) is 36.4 Å². The van der Waals surface area contributed by atoms with E-state index < -0.39 is 11.8 Å². The summed E-state index contributed by atoms with van der Waals surface area (Å²) < 4.78 is 7.03. The molecule has 2 aliphatic heterocycles. The van der Waals surface area contributed by atoms with Crippen molar-refractivity contribution >= 4 is 46.3 Å². The van der Waals surface area contributed by atoms with Gasteiger partial charge in [0.2, 0.25) is 0 Å². The van der Waals surface area contributed by atoms with Crippen molar-refractivity contribution in [3.8, 4) is 0 Å². The Morgan fingerprint density at radius 2 is 1.85 bits per heavy atom. The molecule has 0 unspecified atom stereocenters. The van der Waals surface area contributed by atoms with Crippen LogP contribution in [0.25, 0.3) is 17.1 Å². The number of ether oxygens (including phenoxy) is 1. The Hall–Kier alpha value is -3.03. The molecule has 0 bridgehead atoms. The summed E-state index contributed by atoms with van der Waals surface area (Å²) in [5, 5.41) is 4.81. The number of halogens is 1. The number of anilines is 1. The lowest BCUT2D eigenvalue weighted by atomic mass is 10.1. The van der Waals surface area contributed by atoms with Gasteiger partial charge < -0.3 is 4.74 Å². The lowest BCUT2D eigenvalue weighted by Crippen LogP contribution is -2.33. The van der Waals surface area contributed by atoms with Gasteiger partial charge in [-0.2, -0.15) is 5.10 Å². The number of rotatable bonds is 3. The Bertz CT molecular complexity index is 1110. The first kappa shape index (κ1) is 16.2. The van der Waals surface area contributed by atoms with Gasteiger partial charge in [0.1, 0.15) is 10.7 Å². The fraction of sp³-hybridized carbons (Fsp3) is 0.158. The molecule has 2 amide bonds. The summed E-state index contributed by atoms with van der Waals surface area (Å²) in [5.41, 5.74) is 2.49. The highest BCUT2D eigenvalue weighted by atomic mass is 35.5. The first-order valence-corrected chi connectivity index (χ1v) is 8.74. The summed E-state index contributed by atoms with van der Waals surface area (Å²) in [6.07, 6.45) is 1.65. The van der Waals surface area contributed by atoms with E-state index in [9.17, 15) is 9.59 Å². The summed E-state index contributed by atoms with van der Waals surface area (Å²) in [5.74, 6) is -0.670. The second-order valence-electron chi connectivity index (χ2n) is 6.39. The fourth-order valence-electron chi connectivity index (χ4n) is 3.44. The molecule has 5 rings (SSSR count). The normalized spacial score (nSPS) is 16.7. The molecule has 1 saturated heterocycles. The summed E-state index contributed by atoms with van der Waals surface area (Å²) in [6, 6.07) is 8.38. The van der Waals surface area contributed by atoms with Crippen molar-refractivity contribution in [2.45, 2.75) is 6.04 Å². The van der Waals surface area contributed by atoms with E-state index in [0.717, 1.165) is 10.5 Å². The van der Waals surface area contributed by atoms with Crippen LogP contribution in [-0.4, -0.2) is 39.8 Å². The molecule has 0 atom stereocenters. The van der Waals surface area contributed by atoms with Gasteiger partial charge >= 0.3 is 0 Å². The van der Waals surface area contributed by atoms with Crippen molar-refractivity contribution in [1.82, 2.24) is 14.8 Å². The second kappa shape index (κ2) is 5.73. The van der Waals surface area contributed by atoms with E-state index in [-0.39, 0.29) is 17.0 Å². The van der Waals surface area contributed by atoms with Crippen LogP contribution in [0.2, 0.25) is 5.15 Å². The minimum Gasteiger partial charge on any atom is -0.377 e. The number of aromatic nitrogens is 3. The van der Waals surface area contributed by atoms with Crippen molar-refractivity contribution < 1.29 is 14.3 Å². The van der Waals surface area contributed by atoms with E-state index in [2.05, 4.69) is 16.7 Å². The Kier molecular flexibility index (Phi) is 3.43. The molecule has 0 N–H and O–H groups in total. The number of hydrogen-bond acceptors (Lipinski definition) is 5. The Morgan fingerprint density at radius 1 is 1.19 bits per heavy atom. The molecule has 2 aromatic heterocycles. The number of imide groups is 1. The second-order valence-corrected chi connectivity index (χ2v) is 6.77. The predicted octanol–water partition coefficient (Wildman–Crippen LogP) is 3.10. The minimum absolute atomic E-state index is 0.00175. The molecular formula is C19H13ClN4O3. The third kappa shape index (κ3) is 2.19. The molecule has 27 heavy (non-hydrogen) atoms. The van der Waals surface area contributed by atoms with Crippen LogP contribution in [0, 0.1) is 0 Å². The lowest BCUT2D eigenvalue weighted by Gasteiger charge is -2.27. The topological polar surface area (TPSA) is 77.3 Å². The van der Waals surface area contributed by atoms with Crippen LogP contribution >= 0.6 is 11.6 Å². The van der Waals surface area contributed by atoms with Crippen LogP contribution in [0.15, 0.2) is 36.9 Å². The van der Waals surface area contributed by atoms with Gasteiger partial charge in [0.15, 0.2) is 5.82 Å². The van der Waals surface area contributed by atoms with Crippen molar-refractivity contribution in [1.29, 1.82) is 0 Å². The molecule has 1 fully saturated rings. The number of pyridine rings is 1. The standard InChI is InChI=1S/C19H13ClN4O3/c1-2-10-7-14(20)21-15-16(10)24(11-8-27-9-11)22-17(15)23-18(25)12-5-3-4-6-13(12)19(23)26/h2-7,11H,1,8-9H2. The summed E-state index contributed by atoms with van der Waals surface area (Å²) in [4.78, 5) is 31.2. The predicted molar refractivity (Wildman–Crippen MR) is 100 cm³/mol. The number of nitrogens with zero attached hydrogens (tertiary/aromatic N) is 4. The summed E-state index contributed by atoms with van der Waals surface area (Å²) >= 11 is 6.17. The van der Waals surface area contributed by atoms with E-state index in [0.29, 0.717) is 35.4 Å². The van der Waals surface area contributed by atoms with Gasteiger partial charge in [0.05, 0.1) is 35.9 Å². The number of fused-ring (bicyclic) bond motifs is 2. The van der Waals surface area contributed by atoms with Gasteiger partial charge in [-0.3, -0.25) is 14.3 Å². The lowest BCUT2D eigenvalue weighted by molar-refractivity contribution is -0.0265. The van der Waals surface area contributed by atoms with E-state index in [4.69, 9.17) is 16.3 Å². The first-order chi connectivity index (χ1) is 13.1. The number of carbonyl (C=O) groups is 2. The van der Waals surface area contributed by atoms with Crippen molar-refractivity contribution in [2.75, 3.05) is 18.1 Å². The molecular weight excluding hydrogens is 368 g/mol. The highest BCUT2D eigenvalue weighted by molar-refractivity contribution is 6.35. The molecule has 134 valence electrons. The quantitative estimate of drug-likeness (QED) is 0.515. The smallest absolute Gasteiger partial charge is 0.267 e. The van der Waals surface area contributed by atoms with Crippen LogP contribution in [0.5, 0.6) is 0 Å². The van der Waals surface area contributed by atoms with Gasteiger partial charge in [0.25, 0.3) is 11.8 Å². The monoisotopic (exact) mass is 380 g/mol. The van der Waals surface area contributed by atoms with Gasteiger partial charge in [-0.05, 0) is 18.2 Å². The summed E-state index contributed by atoms with van der Waals surface area (Å²) in [7, 11) is 0. The highest BCUT2D eigenvalue weighted by Gasteiger charge is 2.40. The largest absolute Gasteiger partial charge is 0.377 e. The SMILES string of the molecule is C=Cc1cc(Cl)nc2c(N3C(=O)c4ccccc4C3=O)nn(C3COC3)c12.